The molecule has 0 spiro atoms. The van der Waals surface area contributed by atoms with Crippen LogP contribution in [0.25, 0.3) is 0 Å². The first-order valence-corrected chi connectivity index (χ1v) is 6.68. The van der Waals surface area contributed by atoms with Crippen LogP contribution in [-0.2, 0) is 4.79 Å². The van der Waals surface area contributed by atoms with Crippen LogP contribution in [0.4, 0.5) is 0 Å². The SMILES string of the molecule is O=C1CC(c2ccccc2)N(C(=O)c2ccccc2)C1. The Kier molecular flexibility index (Phi) is 3.33. The second-order valence-electron chi connectivity index (χ2n) is 4.97. The molecule has 2 aromatic carbocycles. The number of likely N-dealkylation sites (tertiary alicyclic amines) is 1. The third-order valence-electron chi connectivity index (χ3n) is 3.61. The molecule has 1 aliphatic rings. The van der Waals surface area contributed by atoms with Gasteiger partial charge in [-0.05, 0) is 17.7 Å². The smallest absolute Gasteiger partial charge is 0.254 e. The highest BCUT2D eigenvalue weighted by Crippen LogP contribution is 2.31. The van der Waals surface area contributed by atoms with E-state index in [1.54, 1.807) is 17.0 Å². The summed E-state index contributed by atoms with van der Waals surface area (Å²) in [5.74, 6) is 0.0356. The third-order valence-corrected chi connectivity index (χ3v) is 3.61. The van der Waals surface area contributed by atoms with Gasteiger partial charge in [0.2, 0.25) is 0 Å². The first-order valence-electron chi connectivity index (χ1n) is 6.68. The molecule has 1 amide bonds. The average molecular weight is 265 g/mol. The maximum absolute atomic E-state index is 12.5. The molecular weight excluding hydrogens is 250 g/mol. The normalized spacial score (nSPS) is 18.3. The van der Waals surface area contributed by atoms with Crippen LogP contribution in [0, 0.1) is 0 Å². The van der Waals surface area contributed by atoms with E-state index < -0.39 is 0 Å². The van der Waals surface area contributed by atoms with Crippen LogP contribution in [-0.4, -0.2) is 23.1 Å². The van der Waals surface area contributed by atoms with Crippen molar-refractivity contribution in [3.63, 3.8) is 0 Å². The molecule has 3 rings (SSSR count). The standard InChI is InChI=1S/C17H15NO2/c19-15-11-16(13-7-3-1-4-8-13)18(12-15)17(20)14-9-5-2-6-10-14/h1-10,16H,11-12H2. The Morgan fingerprint density at radius 2 is 1.55 bits per heavy atom. The number of carbonyl (C=O) groups is 2. The van der Waals surface area contributed by atoms with Gasteiger partial charge in [-0.1, -0.05) is 48.5 Å². The summed E-state index contributed by atoms with van der Waals surface area (Å²) in [5.41, 5.74) is 1.64. The van der Waals surface area contributed by atoms with Gasteiger partial charge in [-0.25, -0.2) is 0 Å². The summed E-state index contributed by atoms with van der Waals surface area (Å²) in [5, 5.41) is 0. The predicted molar refractivity (Wildman–Crippen MR) is 76.3 cm³/mol. The zero-order valence-corrected chi connectivity index (χ0v) is 11.0. The van der Waals surface area contributed by atoms with E-state index in [1.807, 2.05) is 48.5 Å². The lowest BCUT2D eigenvalue weighted by atomic mass is 10.0. The van der Waals surface area contributed by atoms with Crippen molar-refractivity contribution in [1.82, 2.24) is 4.90 Å². The molecule has 3 nitrogen and oxygen atoms in total. The summed E-state index contributed by atoms with van der Waals surface area (Å²) in [6, 6.07) is 18.7. The molecule has 0 saturated carbocycles. The van der Waals surface area contributed by atoms with E-state index in [2.05, 4.69) is 0 Å². The summed E-state index contributed by atoms with van der Waals surface area (Å²) in [7, 11) is 0. The van der Waals surface area contributed by atoms with E-state index in [0.717, 1.165) is 5.56 Å². The Hall–Kier alpha value is -2.42. The van der Waals surface area contributed by atoms with Gasteiger partial charge < -0.3 is 4.90 Å². The van der Waals surface area contributed by atoms with Gasteiger partial charge in [-0.15, -0.1) is 0 Å². The van der Waals surface area contributed by atoms with Crippen LogP contribution in [0.15, 0.2) is 60.7 Å². The van der Waals surface area contributed by atoms with Crippen LogP contribution in [0.1, 0.15) is 28.4 Å². The number of Topliss-reactive ketones (excluding diaryl/α,β-unsaturated/α-hetero) is 1. The van der Waals surface area contributed by atoms with Crippen molar-refractivity contribution < 1.29 is 9.59 Å². The lowest BCUT2D eigenvalue weighted by Gasteiger charge is -2.24. The fraction of sp³-hybridized carbons (Fsp3) is 0.176. The van der Waals surface area contributed by atoms with Crippen molar-refractivity contribution >= 4 is 11.7 Å². The summed E-state index contributed by atoms with van der Waals surface area (Å²) >= 11 is 0. The van der Waals surface area contributed by atoms with E-state index in [9.17, 15) is 9.59 Å². The fourth-order valence-electron chi connectivity index (χ4n) is 2.62. The van der Waals surface area contributed by atoms with Gasteiger partial charge in [0.05, 0.1) is 12.6 Å². The number of ketones is 1. The fourth-order valence-corrected chi connectivity index (χ4v) is 2.62. The minimum Gasteiger partial charge on any atom is -0.324 e. The Labute approximate surface area is 117 Å². The second kappa shape index (κ2) is 5.29. The Bertz CT molecular complexity index is 622. The van der Waals surface area contributed by atoms with E-state index >= 15 is 0 Å². The highest BCUT2D eigenvalue weighted by atomic mass is 16.2. The summed E-state index contributed by atoms with van der Waals surface area (Å²) in [6.07, 6.45) is 0.405. The average Bonchev–Trinajstić information content (AvgIpc) is 2.90. The largest absolute Gasteiger partial charge is 0.324 e. The molecule has 0 radical (unpaired) electrons. The first-order chi connectivity index (χ1) is 9.75. The quantitative estimate of drug-likeness (QED) is 0.837. The number of rotatable bonds is 2. The Balaban J connectivity index is 1.91. The monoisotopic (exact) mass is 265 g/mol. The van der Waals surface area contributed by atoms with E-state index in [4.69, 9.17) is 0 Å². The molecule has 1 atom stereocenters. The summed E-state index contributed by atoms with van der Waals surface area (Å²) in [6.45, 7) is 0.202. The van der Waals surface area contributed by atoms with Gasteiger partial charge in [0, 0.05) is 12.0 Å². The van der Waals surface area contributed by atoms with Gasteiger partial charge in [0.25, 0.3) is 5.91 Å². The van der Waals surface area contributed by atoms with Gasteiger partial charge in [-0.2, -0.15) is 0 Å². The molecule has 3 heteroatoms. The maximum atomic E-state index is 12.5. The van der Waals surface area contributed by atoms with Gasteiger partial charge in [0.15, 0.2) is 5.78 Å². The zero-order chi connectivity index (χ0) is 13.9. The van der Waals surface area contributed by atoms with E-state index in [-0.39, 0.29) is 24.3 Å². The van der Waals surface area contributed by atoms with Crippen LogP contribution in [0.2, 0.25) is 0 Å². The van der Waals surface area contributed by atoms with Crippen LogP contribution in [0.5, 0.6) is 0 Å². The summed E-state index contributed by atoms with van der Waals surface area (Å²) in [4.78, 5) is 26.0. The molecule has 1 saturated heterocycles. The number of amides is 1. The van der Waals surface area contributed by atoms with Gasteiger partial charge in [-0.3, -0.25) is 9.59 Å². The van der Waals surface area contributed by atoms with Crippen molar-refractivity contribution in [1.29, 1.82) is 0 Å². The molecular formula is C17H15NO2. The van der Waals surface area contributed by atoms with Crippen molar-refractivity contribution in [2.45, 2.75) is 12.5 Å². The Morgan fingerprint density at radius 3 is 2.20 bits per heavy atom. The molecule has 0 aliphatic carbocycles. The molecule has 1 unspecified atom stereocenters. The molecule has 0 bridgehead atoms. The van der Waals surface area contributed by atoms with Crippen LogP contribution in [0.3, 0.4) is 0 Å². The molecule has 100 valence electrons. The zero-order valence-electron chi connectivity index (χ0n) is 11.0. The minimum absolute atomic E-state index is 0.0784. The molecule has 20 heavy (non-hydrogen) atoms. The molecule has 0 N–H and O–H groups in total. The molecule has 0 aromatic heterocycles. The number of benzene rings is 2. The number of nitrogens with zero attached hydrogens (tertiary/aromatic N) is 1. The third kappa shape index (κ3) is 2.35. The lowest BCUT2D eigenvalue weighted by molar-refractivity contribution is -0.116. The van der Waals surface area contributed by atoms with E-state index in [0.29, 0.717) is 12.0 Å². The van der Waals surface area contributed by atoms with E-state index in [1.165, 1.54) is 0 Å². The molecule has 1 heterocycles. The van der Waals surface area contributed by atoms with Crippen molar-refractivity contribution in [2.24, 2.45) is 0 Å². The maximum Gasteiger partial charge on any atom is 0.254 e. The van der Waals surface area contributed by atoms with Crippen LogP contribution >= 0.6 is 0 Å². The van der Waals surface area contributed by atoms with Crippen molar-refractivity contribution in [2.75, 3.05) is 6.54 Å². The first kappa shape index (κ1) is 12.6. The lowest BCUT2D eigenvalue weighted by Crippen LogP contribution is -2.31. The topological polar surface area (TPSA) is 37.4 Å². The highest BCUT2D eigenvalue weighted by Gasteiger charge is 2.35. The molecule has 1 fully saturated rings. The highest BCUT2D eigenvalue weighted by molar-refractivity contribution is 5.99. The second-order valence-corrected chi connectivity index (χ2v) is 4.97. The molecule has 1 aliphatic heterocycles. The number of carbonyl (C=O) groups excluding carboxylic acids is 2. The predicted octanol–water partition coefficient (Wildman–Crippen LogP) is 2.84. The summed E-state index contributed by atoms with van der Waals surface area (Å²) < 4.78 is 0. The Morgan fingerprint density at radius 1 is 0.950 bits per heavy atom. The molecule has 2 aromatic rings. The number of hydrogen-bond acceptors (Lipinski definition) is 2. The van der Waals surface area contributed by atoms with Gasteiger partial charge in [0.1, 0.15) is 0 Å². The number of hydrogen-bond donors (Lipinski definition) is 0. The van der Waals surface area contributed by atoms with Gasteiger partial charge >= 0.3 is 0 Å². The minimum atomic E-state index is -0.142. The van der Waals surface area contributed by atoms with Crippen molar-refractivity contribution in [3.8, 4) is 0 Å². The van der Waals surface area contributed by atoms with Crippen LogP contribution < -0.4 is 0 Å². The van der Waals surface area contributed by atoms with Crippen molar-refractivity contribution in [3.05, 3.63) is 71.8 Å².